The van der Waals surface area contributed by atoms with Gasteiger partial charge in [0.05, 0.1) is 6.54 Å². The van der Waals surface area contributed by atoms with E-state index in [9.17, 15) is 17.6 Å². The first-order chi connectivity index (χ1) is 9.49. The molecular formula is C13H16F4IN3. The van der Waals surface area contributed by atoms with Gasteiger partial charge in [-0.05, 0) is 18.8 Å². The molecule has 0 heterocycles. The Hall–Kier alpha value is -1.06. The van der Waals surface area contributed by atoms with Gasteiger partial charge < -0.3 is 11.1 Å². The highest BCUT2D eigenvalue weighted by atomic mass is 127. The van der Waals surface area contributed by atoms with E-state index in [-0.39, 0.29) is 29.9 Å². The lowest BCUT2D eigenvalue weighted by Gasteiger charge is -2.25. The molecule has 3 N–H and O–H groups in total. The van der Waals surface area contributed by atoms with E-state index in [2.05, 4.69) is 10.3 Å². The third kappa shape index (κ3) is 4.45. The lowest BCUT2D eigenvalue weighted by molar-refractivity contribution is 0.315. The van der Waals surface area contributed by atoms with Crippen molar-refractivity contribution < 1.29 is 17.6 Å². The van der Waals surface area contributed by atoms with Crippen molar-refractivity contribution in [2.24, 2.45) is 16.6 Å². The number of aliphatic imine (C=N–C) groups is 1. The van der Waals surface area contributed by atoms with Gasteiger partial charge in [0.1, 0.15) is 5.82 Å². The molecule has 1 aromatic rings. The Morgan fingerprint density at radius 2 is 1.86 bits per heavy atom. The Morgan fingerprint density at radius 3 is 2.43 bits per heavy atom. The Bertz CT molecular complexity index is 533. The van der Waals surface area contributed by atoms with Crippen LogP contribution in [0.4, 0.5) is 17.6 Å². The molecule has 3 nitrogen and oxygen atoms in total. The maximum Gasteiger partial charge on any atom is 0.194 e. The largest absolute Gasteiger partial charge is 0.370 e. The van der Waals surface area contributed by atoms with E-state index in [4.69, 9.17) is 5.73 Å². The normalized spacial score (nSPS) is 15.3. The number of nitrogens with zero attached hydrogens (tertiary/aromatic N) is 1. The topological polar surface area (TPSA) is 50.4 Å². The van der Waals surface area contributed by atoms with Crippen LogP contribution in [-0.4, -0.2) is 12.5 Å². The Labute approximate surface area is 137 Å². The first-order valence-corrected chi connectivity index (χ1v) is 6.34. The smallest absolute Gasteiger partial charge is 0.194 e. The predicted molar refractivity (Wildman–Crippen MR) is 82.4 cm³/mol. The summed E-state index contributed by atoms with van der Waals surface area (Å²) in [6.45, 7) is 0.163. The van der Waals surface area contributed by atoms with E-state index in [1.165, 1.54) is 6.42 Å². The maximum atomic E-state index is 13.4. The van der Waals surface area contributed by atoms with Crippen molar-refractivity contribution in [3.05, 3.63) is 34.9 Å². The lowest BCUT2D eigenvalue weighted by atomic mass is 9.85. The van der Waals surface area contributed by atoms with Crippen LogP contribution in [0.1, 0.15) is 24.8 Å². The summed E-state index contributed by atoms with van der Waals surface area (Å²) in [5.74, 6) is -5.46. The minimum absolute atomic E-state index is 0. The predicted octanol–water partition coefficient (Wildman–Crippen LogP) is 3.07. The van der Waals surface area contributed by atoms with Gasteiger partial charge in [0.25, 0.3) is 0 Å². The van der Waals surface area contributed by atoms with Gasteiger partial charge >= 0.3 is 0 Å². The molecule has 1 aliphatic rings. The molecule has 0 aromatic heterocycles. The van der Waals surface area contributed by atoms with Crippen LogP contribution in [0.25, 0.3) is 0 Å². The minimum Gasteiger partial charge on any atom is -0.370 e. The van der Waals surface area contributed by atoms with Gasteiger partial charge in [-0.25, -0.2) is 22.6 Å². The molecule has 0 saturated heterocycles. The molecule has 0 bridgehead atoms. The van der Waals surface area contributed by atoms with Crippen LogP contribution in [0.15, 0.2) is 11.1 Å². The van der Waals surface area contributed by atoms with Crippen molar-refractivity contribution in [1.29, 1.82) is 0 Å². The van der Waals surface area contributed by atoms with Gasteiger partial charge in [0, 0.05) is 18.2 Å². The first kappa shape index (κ1) is 18.0. The fourth-order valence-corrected chi connectivity index (χ4v) is 1.91. The standard InChI is InChI=1S/C13H15F4N3.HI/c14-9-4-10(15)12(17)11(16)8(9)6-20-13(18)19-5-7-2-1-3-7;/h4,7H,1-3,5-6H2,(H3,18,19,20);1H. The summed E-state index contributed by atoms with van der Waals surface area (Å²) < 4.78 is 52.4. The van der Waals surface area contributed by atoms with Crippen LogP contribution in [0.5, 0.6) is 0 Å². The average Bonchev–Trinajstić information content (AvgIpc) is 2.34. The molecule has 0 atom stereocenters. The van der Waals surface area contributed by atoms with Crippen molar-refractivity contribution in [2.75, 3.05) is 6.54 Å². The molecule has 1 aliphatic carbocycles. The van der Waals surface area contributed by atoms with Crippen molar-refractivity contribution in [1.82, 2.24) is 5.32 Å². The summed E-state index contributed by atoms with van der Waals surface area (Å²) in [4.78, 5) is 3.73. The molecule has 1 aromatic carbocycles. The molecule has 0 spiro atoms. The molecule has 2 rings (SSSR count). The molecule has 0 aliphatic heterocycles. The molecule has 0 unspecified atom stereocenters. The number of hydrogen-bond acceptors (Lipinski definition) is 1. The van der Waals surface area contributed by atoms with E-state index >= 15 is 0 Å². The summed E-state index contributed by atoms with van der Waals surface area (Å²) in [6, 6.07) is 0.293. The highest BCUT2D eigenvalue weighted by Crippen LogP contribution is 2.25. The monoisotopic (exact) mass is 417 g/mol. The third-order valence-corrected chi connectivity index (χ3v) is 3.41. The quantitative estimate of drug-likeness (QED) is 0.198. The van der Waals surface area contributed by atoms with Gasteiger partial charge in [-0.15, -0.1) is 24.0 Å². The molecule has 0 radical (unpaired) electrons. The zero-order valence-corrected chi connectivity index (χ0v) is 13.5. The summed E-state index contributed by atoms with van der Waals surface area (Å²) in [6.07, 6.45) is 3.42. The third-order valence-electron chi connectivity index (χ3n) is 3.41. The second-order valence-corrected chi connectivity index (χ2v) is 4.83. The Morgan fingerprint density at radius 1 is 1.19 bits per heavy atom. The van der Waals surface area contributed by atoms with Crippen molar-refractivity contribution in [3.8, 4) is 0 Å². The van der Waals surface area contributed by atoms with Gasteiger partial charge in [-0.2, -0.15) is 0 Å². The summed E-state index contributed by atoms with van der Waals surface area (Å²) in [7, 11) is 0. The van der Waals surface area contributed by atoms with Crippen LogP contribution in [0.2, 0.25) is 0 Å². The number of guanidine groups is 1. The molecule has 1 saturated carbocycles. The Balaban J connectivity index is 0.00000220. The van der Waals surface area contributed by atoms with Crippen LogP contribution in [-0.2, 0) is 6.54 Å². The second kappa shape index (κ2) is 7.81. The maximum absolute atomic E-state index is 13.4. The van der Waals surface area contributed by atoms with Crippen LogP contribution < -0.4 is 11.1 Å². The van der Waals surface area contributed by atoms with E-state index in [0.717, 1.165) is 12.8 Å². The molecule has 21 heavy (non-hydrogen) atoms. The fourth-order valence-electron chi connectivity index (χ4n) is 1.91. The SMILES string of the molecule is I.NC(=NCc1c(F)cc(F)c(F)c1F)NCC1CCC1. The number of benzene rings is 1. The molecule has 1 fully saturated rings. The summed E-state index contributed by atoms with van der Waals surface area (Å²) in [5.41, 5.74) is 4.90. The van der Waals surface area contributed by atoms with Gasteiger partial charge in [-0.1, -0.05) is 6.42 Å². The van der Waals surface area contributed by atoms with Crippen LogP contribution >= 0.6 is 24.0 Å². The number of rotatable bonds is 4. The summed E-state index contributed by atoms with van der Waals surface area (Å²) in [5, 5.41) is 2.83. The zero-order chi connectivity index (χ0) is 14.7. The fraction of sp³-hybridized carbons (Fsp3) is 0.462. The Kier molecular flexibility index (Phi) is 6.69. The van der Waals surface area contributed by atoms with Gasteiger partial charge in [0.2, 0.25) is 0 Å². The molecular weight excluding hydrogens is 401 g/mol. The minimum atomic E-state index is -1.71. The molecule has 0 amide bonds. The van der Waals surface area contributed by atoms with E-state index in [1.807, 2.05) is 0 Å². The van der Waals surface area contributed by atoms with Gasteiger partial charge in [0.15, 0.2) is 23.4 Å². The number of hydrogen-bond donors (Lipinski definition) is 2. The first-order valence-electron chi connectivity index (χ1n) is 6.34. The highest BCUT2D eigenvalue weighted by Gasteiger charge is 2.19. The molecule has 8 heteroatoms. The zero-order valence-electron chi connectivity index (χ0n) is 11.1. The van der Waals surface area contributed by atoms with Gasteiger partial charge in [-0.3, -0.25) is 0 Å². The van der Waals surface area contributed by atoms with Crippen LogP contribution in [0, 0.1) is 29.2 Å². The second-order valence-electron chi connectivity index (χ2n) is 4.83. The van der Waals surface area contributed by atoms with Crippen molar-refractivity contribution >= 4 is 29.9 Å². The van der Waals surface area contributed by atoms with Crippen LogP contribution in [0.3, 0.4) is 0 Å². The number of nitrogens with one attached hydrogen (secondary N) is 1. The van der Waals surface area contributed by atoms with Crippen molar-refractivity contribution in [2.45, 2.75) is 25.8 Å². The summed E-state index contributed by atoms with van der Waals surface area (Å²) >= 11 is 0. The van der Waals surface area contributed by atoms with Crippen molar-refractivity contribution in [3.63, 3.8) is 0 Å². The molecule has 118 valence electrons. The van der Waals surface area contributed by atoms with E-state index < -0.39 is 35.4 Å². The number of nitrogens with two attached hydrogens (primary N) is 1. The average molecular weight is 417 g/mol. The lowest BCUT2D eigenvalue weighted by Crippen LogP contribution is -2.37. The van der Waals surface area contributed by atoms with E-state index in [1.54, 1.807) is 0 Å². The highest BCUT2D eigenvalue weighted by molar-refractivity contribution is 14.0. The van der Waals surface area contributed by atoms with E-state index in [0.29, 0.717) is 18.5 Å². The number of halogens is 5.